The van der Waals surface area contributed by atoms with Crippen LogP contribution in [-0.2, 0) is 0 Å². The third-order valence-corrected chi connectivity index (χ3v) is 5.65. The summed E-state index contributed by atoms with van der Waals surface area (Å²) in [6.07, 6.45) is 0. The van der Waals surface area contributed by atoms with E-state index in [0.29, 0.717) is 32.1 Å². The lowest BCUT2D eigenvalue weighted by Crippen LogP contribution is -2.49. The lowest BCUT2D eigenvalue weighted by Gasteiger charge is -2.35. The average molecular weight is 431 g/mol. The number of aryl methyl sites for hydroxylation is 2. The maximum Gasteiger partial charge on any atom is 0.253 e. The summed E-state index contributed by atoms with van der Waals surface area (Å²) in [5.74, 6) is 1.54. The molecule has 0 spiro atoms. The first-order valence-corrected chi connectivity index (χ1v) is 10.9. The predicted octanol–water partition coefficient (Wildman–Crippen LogP) is 3.87. The molecule has 2 heterocycles. The van der Waals surface area contributed by atoms with Gasteiger partial charge in [-0.05, 0) is 50.2 Å². The minimum atomic E-state index is 0.0712. The smallest absolute Gasteiger partial charge is 0.253 e. The molecule has 166 valence electrons. The van der Waals surface area contributed by atoms with E-state index in [1.165, 1.54) is 5.56 Å². The largest absolute Gasteiger partial charge is 0.378 e. The van der Waals surface area contributed by atoms with Crippen molar-refractivity contribution in [2.45, 2.75) is 13.8 Å². The Morgan fingerprint density at radius 1 is 0.906 bits per heavy atom. The van der Waals surface area contributed by atoms with Crippen LogP contribution in [0.1, 0.15) is 21.6 Å². The standard InChI is InChI=1S/C25H30N6O/c1-18-5-9-21(10-6-18)27-23-17-19(2)26-25(28-23)31-15-13-30(14-16-31)24(32)20-7-11-22(12-8-20)29(3)4/h5-12,17H,13-16H2,1-4H3,(H,26,27,28). The van der Waals surface area contributed by atoms with E-state index >= 15 is 0 Å². The van der Waals surface area contributed by atoms with Gasteiger partial charge in [-0.15, -0.1) is 0 Å². The Morgan fingerprint density at radius 2 is 1.56 bits per heavy atom. The number of aromatic nitrogens is 2. The SMILES string of the molecule is Cc1ccc(Nc2cc(C)nc(N3CCN(C(=O)c4ccc(N(C)C)cc4)CC3)n2)cc1. The molecule has 1 aromatic heterocycles. The van der Waals surface area contributed by atoms with E-state index in [2.05, 4.69) is 34.3 Å². The summed E-state index contributed by atoms with van der Waals surface area (Å²) in [5, 5.41) is 3.37. The van der Waals surface area contributed by atoms with E-state index in [1.54, 1.807) is 0 Å². The number of hydrogen-bond acceptors (Lipinski definition) is 6. The van der Waals surface area contributed by atoms with Crippen molar-refractivity contribution in [2.24, 2.45) is 0 Å². The highest BCUT2D eigenvalue weighted by atomic mass is 16.2. The summed E-state index contributed by atoms with van der Waals surface area (Å²) in [6.45, 7) is 6.74. The molecule has 1 amide bonds. The zero-order valence-corrected chi connectivity index (χ0v) is 19.2. The predicted molar refractivity (Wildman–Crippen MR) is 130 cm³/mol. The Labute approximate surface area is 189 Å². The summed E-state index contributed by atoms with van der Waals surface area (Å²) >= 11 is 0. The third kappa shape index (κ3) is 4.99. The van der Waals surface area contributed by atoms with Crippen LogP contribution in [0.2, 0.25) is 0 Å². The molecule has 7 nitrogen and oxygen atoms in total. The van der Waals surface area contributed by atoms with Gasteiger partial charge in [0.05, 0.1) is 0 Å². The number of carbonyl (C=O) groups excluding carboxylic acids is 1. The summed E-state index contributed by atoms with van der Waals surface area (Å²) < 4.78 is 0. The second-order valence-corrected chi connectivity index (χ2v) is 8.41. The molecule has 32 heavy (non-hydrogen) atoms. The van der Waals surface area contributed by atoms with Gasteiger partial charge in [0.1, 0.15) is 5.82 Å². The minimum absolute atomic E-state index is 0.0712. The van der Waals surface area contributed by atoms with Gasteiger partial charge in [-0.3, -0.25) is 4.79 Å². The zero-order chi connectivity index (χ0) is 22.7. The van der Waals surface area contributed by atoms with Gasteiger partial charge in [0.25, 0.3) is 5.91 Å². The Kier molecular flexibility index (Phi) is 6.25. The van der Waals surface area contributed by atoms with Crippen LogP contribution in [0.4, 0.5) is 23.1 Å². The lowest BCUT2D eigenvalue weighted by molar-refractivity contribution is 0.0746. The Balaban J connectivity index is 1.40. The molecule has 0 unspecified atom stereocenters. The van der Waals surface area contributed by atoms with Crippen molar-refractivity contribution in [3.8, 4) is 0 Å². The first-order chi connectivity index (χ1) is 15.4. The second-order valence-electron chi connectivity index (χ2n) is 8.41. The normalized spacial score (nSPS) is 13.8. The number of benzene rings is 2. The number of amides is 1. The number of rotatable bonds is 5. The van der Waals surface area contributed by atoms with Gasteiger partial charge in [-0.2, -0.15) is 4.98 Å². The van der Waals surface area contributed by atoms with Gasteiger partial charge in [-0.1, -0.05) is 17.7 Å². The minimum Gasteiger partial charge on any atom is -0.378 e. The van der Waals surface area contributed by atoms with E-state index in [-0.39, 0.29) is 5.91 Å². The summed E-state index contributed by atoms with van der Waals surface area (Å²) in [6, 6.07) is 17.9. The van der Waals surface area contributed by atoms with E-state index in [1.807, 2.05) is 73.3 Å². The number of anilines is 4. The van der Waals surface area contributed by atoms with Crippen LogP contribution >= 0.6 is 0 Å². The number of nitrogens with zero attached hydrogens (tertiary/aromatic N) is 5. The van der Waals surface area contributed by atoms with Gasteiger partial charge in [-0.25, -0.2) is 4.98 Å². The van der Waals surface area contributed by atoms with Gasteiger partial charge >= 0.3 is 0 Å². The van der Waals surface area contributed by atoms with E-state index in [0.717, 1.165) is 28.5 Å². The maximum atomic E-state index is 12.9. The highest BCUT2D eigenvalue weighted by Gasteiger charge is 2.24. The van der Waals surface area contributed by atoms with Crippen LogP contribution in [0, 0.1) is 13.8 Å². The quantitative estimate of drug-likeness (QED) is 0.663. The van der Waals surface area contributed by atoms with Crippen LogP contribution in [0.5, 0.6) is 0 Å². The second kappa shape index (κ2) is 9.26. The number of nitrogens with one attached hydrogen (secondary N) is 1. The fourth-order valence-electron chi connectivity index (χ4n) is 3.74. The molecule has 1 fully saturated rings. The molecule has 7 heteroatoms. The van der Waals surface area contributed by atoms with Gasteiger partial charge in [0.2, 0.25) is 5.95 Å². The molecule has 4 rings (SSSR count). The first kappa shape index (κ1) is 21.6. The topological polar surface area (TPSA) is 64.6 Å². The van der Waals surface area contributed by atoms with Crippen LogP contribution in [-0.4, -0.2) is 61.0 Å². The summed E-state index contributed by atoms with van der Waals surface area (Å²) in [7, 11) is 3.98. The highest BCUT2D eigenvalue weighted by molar-refractivity contribution is 5.94. The lowest BCUT2D eigenvalue weighted by atomic mass is 10.1. The van der Waals surface area contributed by atoms with Crippen molar-refractivity contribution >= 4 is 29.0 Å². The summed E-state index contributed by atoms with van der Waals surface area (Å²) in [4.78, 5) is 28.3. The number of hydrogen-bond donors (Lipinski definition) is 1. The third-order valence-electron chi connectivity index (χ3n) is 5.65. The molecule has 0 radical (unpaired) electrons. The Hall–Kier alpha value is -3.61. The monoisotopic (exact) mass is 430 g/mol. The maximum absolute atomic E-state index is 12.9. The molecule has 1 N–H and O–H groups in total. The molecule has 1 saturated heterocycles. The van der Waals surface area contributed by atoms with E-state index in [4.69, 9.17) is 4.98 Å². The first-order valence-electron chi connectivity index (χ1n) is 10.9. The molecule has 2 aromatic carbocycles. The van der Waals surface area contributed by atoms with Crippen LogP contribution in [0.15, 0.2) is 54.6 Å². The van der Waals surface area contributed by atoms with Gasteiger partial charge in [0, 0.05) is 69.0 Å². The van der Waals surface area contributed by atoms with Crippen molar-refractivity contribution in [3.05, 3.63) is 71.4 Å². The Bertz CT molecular complexity index is 1070. The molecule has 1 aliphatic heterocycles. The highest BCUT2D eigenvalue weighted by Crippen LogP contribution is 2.21. The summed E-state index contributed by atoms with van der Waals surface area (Å²) in [5.41, 5.74) is 4.93. The van der Waals surface area contributed by atoms with Gasteiger partial charge < -0.3 is 20.0 Å². The fraction of sp³-hybridized carbons (Fsp3) is 0.320. The van der Waals surface area contributed by atoms with Crippen LogP contribution in [0.3, 0.4) is 0 Å². The van der Waals surface area contributed by atoms with Crippen molar-refractivity contribution in [2.75, 3.05) is 55.4 Å². The van der Waals surface area contributed by atoms with Gasteiger partial charge in [0.15, 0.2) is 0 Å². The molecule has 0 atom stereocenters. The van der Waals surface area contributed by atoms with Crippen molar-refractivity contribution < 1.29 is 4.79 Å². The molecule has 0 bridgehead atoms. The molecule has 0 aliphatic carbocycles. The molecule has 3 aromatic rings. The van der Waals surface area contributed by atoms with E-state index in [9.17, 15) is 4.79 Å². The molecular weight excluding hydrogens is 400 g/mol. The molecule has 1 aliphatic rings. The number of piperazine rings is 1. The number of carbonyl (C=O) groups is 1. The van der Waals surface area contributed by atoms with Crippen molar-refractivity contribution in [1.29, 1.82) is 0 Å². The molecule has 0 saturated carbocycles. The zero-order valence-electron chi connectivity index (χ0n) is 19.2. The van der Waals surface area contributed by atoms with Crippen LogP contribution < -0.4 is 15.1 Å². The van der Waals surface area contributed by atoms with E-state index < -0.39 is 0 Å². The fourth-order valence-corrected chi connectivity index (χ4v) is 3.74. The van der Waals surface area contributed by atoms with Crippen LogP contribution in [0.25, 0.3) is 0 Å². The Morgan fingerprint density at radius 3 is 2.19 bits per heavy atom. The van der Waals surface area contributed by atoms with Crippen molar-refractivity contribution in [1.82, 2.24) is 14.9 Å². The average Bonchev–Trinajstić information content (AvgIpc) is 2.80. The van der Waals surface area contributed by atoms with Crippen molar-refractivity contribution in [3.63, 3.8) is 0 Å². The molecular formula is C25H30N6O.